The van der Waals surface area contributed by atoms with E-state index in [1.165, 1.54) is 5.56 Å². The Hall–Kier alpha value is -2.59. The van der Waals surface area contributed by atoms with Gasteiger partial charge in [-0.1, -0.05) is 42.5 Å². The van der Waals surface area contributed by atoms with Crippen LogP contribution in [-0.2, 0) is 13.0 Å². The minimum absolute atomic E-state index is 0.283. The number of rotatable bonds is 7. The lowest BCUT2D eigenvalue weighted by Crippen LogP contribution is -2.17. The molecule has 0 saturated carbocycles. The zero-order chi connectivity index (χ0) is 16.9. The van der Waals surface area contributed by atoms with E-state index in [4.69, 9.17) is 0 Å². The summed E-state index contributed by atoms with van der Waals surface area (Å²) in [6, 6.07) is 16.4. The molecule has 0 unspecified atom stereocenters. The van der Waals surface area contributed by atoms with Gasteiger partial charge in [-0.25, -0.2) is 4.79 Å². The first-order valence-corrected chi connectivity index (χ1v) is 8.24. The lowest BCUT2D eigenvalue weighted by Gasteiger charge is -2.06. The van der Waals surface area contributed by atoms with Gasteiger partial charge in [0.2, 0.25) is 0 Å². The van der Waals surface area contributed by atoms with Gasteiger partial charge in [0.05, 0.1) is 0 Å². The molecule has 1 heterocycles. The molecule has 0 spiro atoms. The van der Waals surface area contributed by atoms with Gasteiger partial charge in [0.15, 0.2) is 0 Å². The van der Waals surface area contributed by atoms with Gasteiger partial charge in [0.25, 0.3) is 0 Å². The largest absolute Gasteiger partial charge is 0.477 e. The van der Waals surface area contributed by atoms with Crippen LogP contribution >= 0.6 is 0 Å². The Morgan fingerprint density at radius 2 is 1.96 bits per heavy atom. The van der Waals surface area contributed by atoms with Crippen LogP contribution < -0.4 is 5.32 Å². The maximum atomic E-state index is 11.5. The minimum Gasteiger partial charge on any atom is -0.477 e. The quantitative estimate of drug-likeness (QED) is 0.578. The van der Waals surface area contributed by atoms with E-state index in [1.54, 1.807) is 0 Å². The Labute approximate surface area is 141 Å². The number of hydrogen-bond donors (Lipinski definition) is 3. The Bertz CT molecular complexity index is 837. The molecule has 0 bridgehead atoms. The number of carboxylic acids is 1. The molecular weight excluding hydrogens is 300 g/mol. The van der Waals surface area contributed by atoms with Crippen molar-refractivity contribution < 1.29 is 9.90 Å². The Balaban J connectivity index is 1.64. The van der Waals surface area contributed by atoms with Gasteiger partial charge in [0, 0.05) is 23.0 Å². The van der Waals surface area contributed by atoms with Crippen LogP contribution in [0.3, 0.4) is 0 Å². The maximum Gasteiger partial charge on any atom is 0.352 e. The van der Waals surface area contributed by atoms with Crippen LogP contribution in [0.25, 0.3) is 10.9 Å². The van der Waals surface area contributed by atoms with Gasteiger partial charge in [-0.15, -0.1) is 0 Å². The highest BCUT2D eigenvalue weighted by Crippen LogP contribution is 2.23. The average molecular weight is 322 g/mol. The third-order valence-corrected chi connectivity index (χ3v) is 4.24. The second-order valence-corrected chi connectivity index (χ2v) is 6.10. The van der Waals surface area contributed by atoms with Gasteiger partial charge in [-0.2, -0.15) is 0 Å². The first-order chi connectivity index (χ1) is 11.6. The second kappa shape index (κ2) is 7.32. The first kappa shape index (κ1) is 16.3. The zero-order valence-corrected chi connectivity index (χ0v) is 13.8. The molecule has 0 aliphatic carbocycles. The highest BCUT2D eigenvalue weighted by molar-refractivity contribution is 5.97. The summed E-state index contributed by atoms with van der Waals surface area (Å²) in [6.45, 7) is 3.41. The lowest BCUT2D eigenvalue weighted by atomic mass is 10.1. The fraction of sp³-hybridized carbons (Fsp3) is 0.250. The minimum atomic E-state index is -0.912. The number of nitrogens with one attached hydrogen (secondary N) is 2. The summed E-state index contributed by atoms with van der Waals surface area (Å²) >= 11 is 0. The van der Waals surface area contributed by atoms with Crippen molar-refractivity contribution in [1.29, 1.82) is 0 Å². The van der Waals surface area contributed by atoms with E-state index in [1.807, 2.05) is 31.2 Å². The summed E-state index contributed by atoms with van der Waals surface area (Å²) in [4.78, 5) is 14.5. The van der Waals surface area contributed by atoms with E-state index in [0.717, 1.165) is 41.4 Å². The molecule has 0 aliphatic heterocycles. The van der Waals surface area contributed by atoms with Gasteiger partial charge in [-0.3, -0.25) is 0 Å². The predicted octanol–water partition coefficient (Wildman–Crippen LogP) is 3.90. The van der Waals surface area contributed by atoms with Gasteiger partial charge < -0.3 is 15.4 Å². The fourth-order valence-electron chi connectivity index (χ4n) is 3.01. The molecule has 0 atom stereocenters. The van der Waals surface area contributed by atoms with E-state index in [2.05, 4.69) is 34.6 Å². The molecule has 0 fully saturated rings. The number of aromatic amines is 1. The van der Waals surface area contributed by atoms with Gasteiger partial charge in [-0.05, 0) is 43.5 Å². The topological polar surface area (TPSA) is 65.1 Å². The molecule has 24 heavy (non-hydrogen) atoms. The number of carbonyl (C=O) groups is 1. The SMILES string of the molecule is Cc1ccc2c(CNCCCc3ccccc3)c(C(=O)O)[nH]c2c1. The number of aromatic carboxylic acids is 1. The van der Waals surface area contributed by atoms with Crippen molar-refractivity contribution in [3.8, 4) is 0 Å². The van der Waals surface area contributed by atoms with Crippen molar-refractivity contribution in [2.45, 2.75) is 26.3 Å². The van der Waals surface area contributed by atoms with Crippen LogP contribution in [0.2, 0.25) is 0 Å². The van der Waals surface area contributed by atoms with E-state index < -0.39 is 5.97 Å². The summed E-state index contributed by atoms with van der Waals surface area (Å²) < 4.78 is 0. The zero-order valence-electron chi connectivity index (χ0n) is 13.8. The average Bonchev–Trinajstić information content (AvgIpc) is 2.93. The molecule has 4 heteroatoms. The molecule has 0 amide bonds. The van der Waals surface area contributed by atoms with Crippen molar-refractivity contribution in [2.24, 2.45) is 0 Å². The number of H-pyrrole nitrogens is 1. The molecule has 3 aromatic rings. The molecule has 124 valence electrons. The van der Waals surface area contributed by atoms with E-state index in [-0.39, 0.29) is 5.69 Å². The maximum absolute atomic E-state index is 11.5. The van der Waals surface area contributed by atoms with Crippen LogP contribution in [-0.4, -0.2) is 22.6 Å². The lowest BCUT2D eigenvalue weighted by molar-refractivity contribution is 0.0690. The van der Waals surface area contributed by atoms with Crippen molar-refractivity contribution in [3.05, 3.63) is 70.9 Å². The summed E-state index contributed by atoms with van der Waals surface area (Å²) in [5, 5.41) is 13.8. The van der Waals surface area contributed by atoms with Crippen molar-refractivity contribution in [1.82, 2.24) is 10.3 Å². The van der Waals surface area contributed by atoms with Crippen molar-refractivity contribution in [3.63, 3.8) is 0 Å². The molecule has 0 radical (unpaired) electrons. The summed E-state index contributed by atoms with van der Waals surface area (Å²) in [6.07, 6.45) is 2.04. The van der Waals surface area contributed by atoms with Crippen LogP contribution in [0.15, 0.2) is 48.5 Å². The number of hydrogen-bond acceptors (Lipinski definition) is 2. The predicted molar refractivity (Wildman–Crippen MR) is 96.5 cm³/mol. The van der Waals surface area contributed by atoms with E-state index >= 15 is 0 Å². The normalized spacial score (nSPS) is 11.0. The number of fused-ring (bicyclic) bond motifs is 1. The highest BCUT2D eigenvalue weighted by Gasteiger charge is 2.16. The monoisotopic (exact) mass is 322 g/mol. The van der Waals surface area contributed by atoms with Gasteiger partial charge in [0.1, 0.15) is 5.69 Å². The standard InChI is InChI=1S/C20H22N2O2/c1-14-9-10-16-17(19(20(23)24)22-18(16)12-14)13-21-11-5-8-15-6-3-2-4-7-15/h2-4,6-7,9-10,12,21-22H,5,8,11,13H2,1H3,(H,23,24). The molecule has 2 aromatic carbocycles. The molecule has 0 saturated heterocycles. The third-order valence-electron chi connectivity index (χ3n) is 4.24. The van der Waals surface area contributed by atoms with Crippen molar-refractivity contribution in [2.75, 3.05) is 6.54 Å². The van der Waals surface area contributed by atoms with Crippen LogP contribution in [0.5, 0.6) is 0 Å². The first-order valence-electron chi connectivity index (χ1n) is 8.24. The molecular formula is C20H22N2O2. The number of carboxylic acid groups (broad SMARTS) is 1. The smallest absolute Gasteiger partial charge is 0.352 e. The highest BCUT2D eigenvalue weighted by atomic mass is 16.4. The molecule has 3 N–H and O–H groups in total. The fourth-order valence-corrected chi connectivity index (χ4v) is 3.01. The molecule has 1 aromatic heterocycles. The molecule has 3 rings (SSSR count). The third kappa shape index (κ3) is 3.66. The number of aromatic nitrogens is 1. The Morgan fingerprint density at radius 3 is 2.71 bits per heavy atom. The molecule has 4 nitrogen and oxygen atoms in total. The van der Waals surface area contributed by atoms with Crippen LogP contribution in [0, 0.1) is 6.92 Å². The Morgan fingerprint density at radius 1 is 1.17 bits per heavy atom. The van der Waals surface area contributed by atoms with Crippen molar-refractivity contribution >= 4 is 16.9 Å². The summed E-state index contributed by atoms with van der Waals surface area (Å²) in [5.74, 6) is -0.912. The van der Waals surface area contributed by atoms with E-state index in [9.17, 15) is 9.90 Å². The second-order valence-electron chi connectivity index (χ2n) is 6.10. The van der Waals surface area contributed by atoms with E-state index in [0.29, 0.717) is 6.54 Å². The van der Waals surface area contributed by atoms with Crippen LogP contribution in [0.1, 0.15) is 33.6 Å². The van der Waals surface area contributed by atoms with Gasteiger partial charge >= 0.3 is 5.97 Å². The Kier molecular flexibility index (Phi) is 4.96. The van der Waals surface area contributed by atoms with Crippen LogP contribution in [0.4, 0.5) is 0 Å². The number of aryl methyl sites for hydroxylation is 2. The number of benzene rings is 2. The summed E-state index contributed by atoms with van der Waals surface area (Å²) in [7, 11) is 0. The summed E-state index contributed by atoms with van der Waals surface area (Å²) in [5.41, 5.74) is 4.44. The molecule has 0 aliphatic rings.